The molecule has 6 nitrogen and oxygen atoms in total. The number of hydrogen-bond acceptors (Lipinski definition) is 5. The van der Waals surface area contributed by atoms with Crippen LogP contribution < -0.4 is 16.0 Å². The van der Waals surface area contributed by atoms with Gasteiger partial charge in [0.1, 0.15) is 10.7 Å². The normalized spacial score (nSPS) is 10.5. The third-order valence-corrected chi connectivity index (χ3v) is 5.80. The fourth-order valence-corrected chi connectivity index (χ4v) is 3.94. The molecule has 4 aromatic rings. The maximum atomic E-state index is 13.2. The van der Waals surface area contributed by atoms with Crippen molar-refractivity contribution in [3.8, 4) is 0 Å². The number of anilines is 4. The number of urea groups is 1. The molecule has 1 heterocycles. The summed E-state index contributed by atoms with van der Waals surface area (Å²) in [6.07, 6.45) is 0. The minimum absolute atomic E-state index is 0.113. The van der Waals surface area contributed by atoms with E-state index in [2.05, 4.69) is 20.9 Å². The maximum Gasteiger partial charge on any atom is 0.324 e. The number of aryl methyl sites for hydroxylation is 1. The Labute approximate surface area is 198 Å². The molecule has 3 N–H and O–H groups in total. The van der Waals surface area contributed by atoms with E-state index in [0.717, 1.165) is 22.6 Å². The van der Waals surface area contributed by atoms with Crippen molar-refractivity contribution in [2.75, 3.05) is 16.0 Å². The Balaban J connectivity index is 1.60. The highest BCUT2D eigenvalue weighted by molar-refractivity contribution is 7.18. The van der Waals surface area contributed by atoms with Crippen molar-refractivity contribution in [3.05, 3.63) is 99.6 Å². The zero-order chi connectivity index (χ0) is 23.4. The van der Waals surface area contributed by atoms with Gasteiger partial charge in [0.2, 0.25) is 5.78 Å². The van der Waals surface area contributed by atoms with Crippen LogP contribution in [0.25, 0.3) is 0 Å². The molecular formula is C24H18ClFN4O2S. The summed E-state index contributed by atoms with van der Waals surface area (Å²) in [5.74, 6) is -0.570. The lowest BCUT2D eigenvalue weighted by Gasteiger charge is -2.07. The summed E-state index contributed by atoms with van der Waals surface area (Å²) < 4.78 is 13.1. The van der Waals surface area contributed by atoms with Crippen LogP contribution in [-0.2, 0) is 0 Å². The number of nitrogens with zero attached hydrogens (tertiary/aromatic N) is 1. The van der Waals surface area contributed by atoms with E-state index in [-0.39, 0.29) is 16.5 Å². The molecule has 0 saturated heterocycles. The van der Waals surface area contributed by atoms with E-state index >= 15 is 0 Å². The highest BCUT2D eigenvalue weighted by atomic mass is 35.5. The number of carbonyl (C=O) groups excluding carboxylic acids is 2. The second-order valence-corrected chi connectivity index (χ2v) is 8.55. The second-order valence-electron chi connectivity index (χ2n) is 7.11. The molecule has 0 fully saturated rings. The first-order valence-electron chi connectivity index (χ1n) is 9.86. The van der Waals surface area contributed by atoms with E-state index < -0.39 is 11.8 Å². The molecule has 1 aromatic heterocycles. The topological polar surface area (TPSA) is 83.1 Å². The van der Waals surface area contributed by atoms with Gasteiger partial charge in [-0.2, -0.15) is 0 Å². The largest absolute Gasteiger partial charge is 0.331 e. The number of amides is 2. The Morgan fingerprint density at radius 2 is 1.52 bits per heavy atom. The third-order valence-electron chi connectivity index (χ3n) is 4.58. The molecule has 0 aliphatic rings. The highest BCUT2D eigenvalue weighted by Gasteiger charge is 2.21. The first-order chi connectivity index (χ1) is 15.9. The Kier molecular flexibility index (Phi) is 6.67. The lowest BCUT2D eigenvalue weighted by atomic mass is 10.1. The SMILES string of the molecule is Cc1ccc(C(=O)c2sc(Nc3ccc(Cl)cc3)nc2NC(=O)Nc2ccc(F)cc2)cc1. The second kappa shape index (κ2) is 9.81. The van der Waals surface area contributed by atoms with Crippen LogP contribution in [0, 0.1) is 12.7 Å². The smallest absolute Gasteiger partial charge is 0.324 e. The number of aromatic nitrogens is 1. The van der Waals surface area contributed by atoms with Crippen molar-refractivity contribution in [2.45, 2.75) is 6.92 Å². The van der Waals surface area contributed by atoms with Crippen LogP contribution in [-0.4, -0.2) is 16.8 Å². The minimum Gasteiger partial charge on any atom is -0.331 e. The van der Waals surface area contributed by atoms with Crippen molar-refractivity contribution >= 4 is 57.1 Å². The van der Waals surface area contributed by atoms with Crippen molar-refractivity contribution < 1.29 is 14.0 Å². The van der Waals surface area contributed by atoms with Gasteiger partial charge in [-0.15, -0.1) is 0 Å². The Hall–Kier alpha value is -3.75. The van der Waals surface area contributed by atoms with Gasteiger partial charge in [-0.1, -0.05) is 52.8 Å². The Morgan fingerprint density at radius 1 is 0.879 bits per heavy atom. The summed E-state index contributed by atoms with van der Waals surface area (Å²) in [5.41, 5.74) is 2.63. The predicted molar refractivity (Wildman–Crippen MR) is 131 cm³/mol. The average molecular weight is 481 g/mol. The lowest BCUT2D eigenvalue weighted by Crippen LogP contribution is -2.21. The van der Waals surface area contributed by atoms with Crippen molar-refractivity contribution in [3.63, 3.8) is 0 Å². The van der Waals surface area contributed by atoms with Crippen molar-refractivity contribution in [2.24, 2.45) is 0 Å². The van der Waals surface area contributed by atoms with Crippen LogP contribution in [0.15, 0.2) is 72.8 Å². The van der Waals surface area contributed by atoms with E-state index in [1.54, 1.807) is 36.4 Å². The molecule has 0 unspecified atom stereocenters. The number of ketones is 1. The van der Waals surface area contributed by atoms with E-state index in [9.17, 15) is 14.0 Å². The average Bonchev–Trinajstić information content (AvgIpc) is 3.18. The zero-order valence-electron chi connectivity index (χ0n) is 17.4. The third kappa shape index (κ3) is 5.74. The quantitative estimate of drug-likeness (QED) is 0.263. The van der Waals surface area contributed by atoms with Crippen LogP contribution in [0.5, 0.6) is 0 Å². The van der Waals surface area contributed by atoms with Crippen LogP contribution in [0.2, 0.25) is 5.02 Å². The van der Waals surface area contributed by atoms with E-state index in [0.29, 0.717) is 21.4 Å². The first-order valence-corrected chi connectivity index (χ1v) is 11.1. The molecule has 4 rings (SSSR count). The van der Waals surface area contributed by atoms with Gasteiger partial charge < -0.3 is 10.6 Å². The van der Waals surface area contributed by atoms with Gasteiger partial charge in [-0.3, -0.25) is 10.1 Å². The van der Waals surface area contributed by atoms with Crippen LogP contribution in [0.3, 0.4) is 0 Å². The molecule has 166 valence electrons. The number of halogens is 2. The minimum atomic E-state index is -0.608. The van der Waals surface area contributed by atoms with Crippen LogP contribution >= 0.6 is 22.9 Å². The molecule has 0 atom stereocenters. The van der Waals surface area contributed by atoms with Crippen LogP contribution in [0.4, 0.5) is 31.5 Å². The zero-order valence-corrected chi connectivity index (χ0v) is 18.9. The summed E-state index contributed by atoms with van der Waals surface area (Å²) >= 11 is 7.06. The molecule has 0 aliphatic carbocycles. The van der Waals surface area contributed by atoms with E-state index in [1.165, 1.54) is 24.3 Å². The molecule has 9 heteroatoms. The first kappa shape index (κ1) is 22.4. The van der Waals surface area contributed by atoms with Gasteiger partial charge in [0, 0.05) is 22.0 Å². The van der Waals surface area contributed by atoms with Gasteiger partial charge in [-0.05, 0) is 55.5 Å². The maximum absolute atomic E-state index is 13.2. The summed E-state index contributed by atoms with van der Waals surface area (Å²) in [5, 5.41) is 9.36. The highest BCUT2D eigenvalue weighted by Crippen LogP contribution is 2.32. The molecule has 0 radical (unpaired) electrons. The monoisotopic (exact) mass is 480 g/mol. The lowest BCUT2D eigenvalue weighted by molar-refractivity contribution is 0.104. The Bertz CT molecular complexity index is 1290. The van der Waals surface area contributed by atoms with Crippen molar-refractivity contribution in [1.29, 1.82) is 0 Å². The molecule has 0 spiro atoms. The van der Waals surface area contributed by atoms with Gasteiger partial charge >= 0.3 is 6.03 Å². The molecule has 33 heavy (non-hydrogen) atoms. The van der Waals surface area contributed by atoms with Crippen LogP contribution in [0.1, 0.15) is 20.8 Å². The van der Waals surface area contributed by atoms with Gasteiger partial charge in [-0.25, -0.2) is 14.2 Å². The molecule has 0 saturated carbocycles. The van der Waals surface area contributed by atoms with E-state index in [1.807, 2.05) is 19.1 Å². The number of thiazole rings is 1. The molecule has 0 bridgehead atoms. The molecule has 0 aliphatic heterocycles. The van der Waals surface area contributed by atoms with Gasteiger partial charge in [0.25, 0.3) is 0 Å². The number of rotatable bonds is 6. The fourth-order valence-electron chi connectivity index (χ4n) is 2.91. The predicted octanol–water partition coefficient (Wildman–Crippen LogP) is 6.86. The summed E-state index contributed by atoms with van der Waals surface area (Å²) in [4.78, 5) is 30.4. The standard InChI is InChI=1S/C24H18ClFN4O2S/c1-14-2-4-15(5-3-14)20(31)21-22(29-23(32)27-18-12-8-17(26)9-13-18)30-24(33-21)28-19-10-6-16(25)7-11-19/h2-13H,1H3,(H,28,30)(H2,27,29,32). The van der Waals surface area contributed by atoms with Gasteiger partial charge in [0.05, 0.1) is 0 Å². The fraction of sp³-hybridized carbons (Fsp3) is 0.0417. The number of nitrogens with one attached hydrogen (secondary N) is 3. The van der Waals surface area contributed by atoms with Gasteiger partial charge in [0.15, 0.2) is 10.9 Å². The number of benzene rings is 3. The molecule has 2 amide bonds. The summed E-state index contributed by atoms with van der Waals surface area (Å²) in [6.45, 7) is 1.93. The number of hydrogen-bond donors (Lipinski definition) is 3. The van der Waals surface area contributed by atoms with E-state index in [4.69, 9.17) is 11.6 Å². The van der Waals surface area contributed by atoms with Crippen molar-refractivity contribution in [1.82, 2.24) is 4.98 Å². The number of carbonyl (C=O) groups is 2. The summed E-state index contributed by atoms with van der Waals surface area (Å²) in [6, 6.07) is 18.9. The molecule has 3 aromatic carbocycles. The summed E-state index contributed by atoms with van der Waals surface area (Å²) in [7, 11) is 0. The Morgan fingerprint density at radius 3 is 2.18 bits per heavy atom. The molecular weight excluding hydrogens is 463 g/mol.